The van der Waals surface area contributed by atoms with E-state index in [1.165, 1.54) is 0 Å². The van der Waals surface area contributed by atoms with Crippen LogP contribution in [0.25, 0.3) is 10.2 Å². The van der Waals surface area contributed by atoms with E-state index in [-0.39, 0.29) is 11.6 Å². The smallest absolute Gasteiger partial charge is 0.259 e. The third-order valence-electron chi connectivity index (χ3n) is 4.89. The van der Waals surface area contributed by atoms with Gasteiger partial charge in [-0.2, -0.15) is 0 Å². The van der Waals surface area contributed by atoms with E-state index < -0.39 is 0 Å². The van der Waals surface area contributed by atoms with Gasteiger partial charge in [0.2, 0.25) is 0 Å². The molecular formula is C18H21N3O2S. The molecule has 0 amide bonds. The van der Waals surface area contributed by atoms with Gasteiger partial charge >= 0.3 is 0 Å². The number of fused-ring (bicyclic) bond motifs is 1. The summed E-state index contributed by atoms with van der Waals surface area (Å²) in [7, 11) is 0. The van der Waals surface area contributed by atoms with Crippen molar-refractivity contribution in [3.63, 3.8) is 0 Å². The summed E-state index contributed by atoms with van der Waals surface area (Å²) in [6.07, 6.45) is 2.21. The minimum atomic E-state index is -0.0264. The van der Waals surface area contributed by atoms with Gasteiger partial charge in [0.25, 0.3) is 5.56 Å². The number of likely N-dealkylation sites (tertiary alicyclic amines) is 1. The molecule has 5 nitrogen and oxygen atoms in total. The Bertz CT molecular complexity index is 953. The van der Waals surface area contributed by atoms with Crippen LogP contribution in [0.1, 0.15) is 46.7 Å². The van der Waals surface area contributed by atoms with Gasteiger partial charge in [0.1, 0.15) is 22.2 Å². The van der Waals surface area contributed by atoms with Crippen molar-refractivity contribution in [2.45, 2.75) is 46.2 Å². The van der Waals surface area contributed by atoms with E-state index >= 15 is 0 Å². The van der Waals surface area contributed by atoms with Crippen molar-refractivity contribution in [1.29, 1.82) is 0 Å². The van der Waals surface area contributed by atoms with Crippen LogP contribution in [0.3, 0.4) is 0 Å². The molecule has 0 aliphatic carbocycles. The highest BCUT2D eigenvalue weighted by Gasteiger charge is 2.29. The van der Waals surface area contributed by atoms with E-state index in [0.717, 1.165) is 57.4 Å². The summed E-state index contributed by atoms with van der Waals surface area (Å²) in [6, 6.07) is 4.34. The summed E-state index contributed by atoms with van der Waals surface area (Å²) < 4.78 is 5.82. The number of furan rings is 1. The zero-order chi connectivity index (χ0) is 16.8. The maximum atomic E-state index is 12.4. The molecule has 1 fully saturated rings. The first-order valence-electron chi connectivity index (χ1n) is 8.32. The van der Waals surface area contributed by atoms with Crippen LogP contribution in [0, 0.1) is 20.8 Å². The molecule has 0 radical (unpaired) electrons. The number of aryl methyl sites for hydroxylation is 3. The van der Waals surface area contributed by atoms with E-state index in [4.69, 9.17) is 9.40 Å². The lowest BCUT2D eigenvalue weighted by molar-refractivity contribution is 0.214. The molecule has 0 spiro atoms. The zero-order valence-corrected chi connectivity index (χ0v) is 15.0. The number of thiophene rings is 1. The Morgan fingerprint density at radius 3 is 2.96 bits per heavy atom. The van der Waals surface area contributed by atoms with Crippen molar-refractivity contribution in [3.8, 4) is 0 Å². The monoisotopic (exact) mass is 343 g/mol. The Kier molecular flexibility index (Phi) is 3.81. The Morgan fingerprint density at radius 2 is 2.21 bits per heavy atom. The van der Waals surface area contributed by atoms with Crippen molar-refractivity contribution in [2.24, 2.45) is 0 Å². The lowest BCUT2D eigenvalue weighted by Crippen LogP contribution is -2.25. The van der Waals surface area contributed by atoms with Crippen molar-refractivity contribution in [3.05, 3.63) is 50.3 Å². The van der Waals surface area contributed by atoms with Crippen molar-refractivity contribution in [2.75, 3.05) is 6.54 Å². The van der Waals surface area contributed by atoms with Gasteiger partial charge in [0.15, 0.2) is 0 Å². The normalized spacial score (nSPS) is 18.7. The number of nitrogens with zero attached hydrogens (tertiary/aromatic N) is 2. The Hall–Kier alpha value is -1.92. The van der Waals surface area contributed by atoms with Gasteiger partial charge in [-0.3, -0.25) is 9.69 Å². The summed E-state index contributed by atoms with van der Waals surface area (Å²) >= 11 is 1.60. The fourth-order valence-corrected chi connectivity index (χ4v) is 4.59. The number of hydrogen-bond donors (Lipinski definition) is 1. The molecule has 1 aliphatic rings. The lowest BCUT2D eigenvalue weighted by atomic mass is 10.1. The number of aromatic nitrogens is 2. The summed E-state index contributed by atoms with van der Waals surface area (Å²) in [5, 5.41) is 0.737. The van der Waals surface area contributed by atoms with Crippen molar-refractivity contribution >= 4 is 21.6 Å². The number of nitrogens with one attached hydrogen (secondary N) is 1. The van der Waals surface area contributed by atoms with Crippen LogP contribution >= 0.6 is 11.3 Å². The molecule has 6 heteroatoms. The summed E-state index contributed by atoms with van der Waals surface area (Å²) in [6.45, 7) is 7.63. The first-order chi connectivity index (χ1) is 11.5. The minimum Gasteiger partial charge on any atom is -0.465 e. The van der Waals surface area contributed by atoms with Crippen LogP contribution < -0.4 is 5.56 Å². The molecule has 1 atom stereocenters. The molecule has 24 heavy (non-hydrogen) atoms. The maximum absolute atomic E-state index is 12.4. The van der Waals surface area contributed by atoms with Gasteiger partial charge in [0.05, 0.1) is 18.0 Å². The number of aromatic amines is 1. The molecule has 4 heterocycles. The molecule has 0 bridgehead atoms. The lowest BCUT2D eigenvalue weighted by Gasteiger charge is -2.22. The average Bonchev–Trinajstić information content (AvgIpc) is 3.20. The topological polar surface area (TPSA) is 62.1 Å². The van der Waals surface area contributed by atoms with E-state index in [9.17, 15) is 4.79 Å². The molecule has 126 valence electrons. The minimum absolute atomic E-state index is 0.0264. The molecular weight excluding hydrogens is 322 g/mol. The second kappa shape index (κ2) is 5.86. The van der Waals surface area contributed by atoms with Crippen LogP contribution in [0.15, 0.2) is 21.3 Å². The number of H-pyrrole nitrogens is 1. The molecule has 4 rings (SSSR count). The molecule has 1 saturated heterocycles. The average molecular weight is 343 g/mol. The summed E-state index contributed by atoms with van der Waals surface area (Å²) in [5.41, 5.74) is 1.02. The Labute approximate surface area is 144 Å². The third kappa shape index (κ3) is 2.59. The fraction of sp³-hybridized carbons (Fsp3) is 0.444. The fourth-order valence-electron chi connectivity index (χ4n) is 3.54. The van der Waals surface area contributed by atoms with Crippen LogP contribution in [0.4, 0.5) is 0 Å². The predicted octanol–water partition coefficient (Wildman–Crippen LogP) is 3.84. The van der Waals surface area contributed by atoms with Gasteiger partial charge in [-0.1, -0.05) is 0 Å². The van der Waals surface area contributed by atoms with E-state index in [1.54, 1.807) is 11.3 Å². The van der Waals surface area contributed by atoms with E-state index in [2.05, 4.69) is 16.0 Å². The van der Waals surface area contributed by atoms with Crippen LogP contribution in [0.2, 0.25) is 0 Å². The zero-order valence-electron chi connectivity index (χ0n) is 14.2. The summed E-state index contributed by atoms with van der Waals surface area (Å²) in [5.74, 6) is 2.69. The van der Waals surface area contributed by atoms with Crippen molar-refractivity contribution < 1.29 is 4.42 Å². The quantitative estimate of drug-likeness (QED) is 0.785. The summed E-state index contributed by atoms with van der Waals surface area (Å²) in [4.78, 5) is 24.5. The Morgan fingerprint density at radius 1 is 1.38 bits per heavy atom. The molecule has 3 aromatic heterocycles. The predicted molar refractivity (Wildman–Crippen MR) is 95.5 cm³/mol. The maximum Gasteiger partial charge on any atom is 0.259 e. The number of hydrogen-bond acceptors (Lipinski definition) is 5. The second-order valence-electron chi connectivity index (χ2n) is 6.55. The van der Waals surface area contributed by atoms with E-state index in [0.29, 0.717) is 6.54 Å². The van der Waals surface area contributed by atoms with Crippen LogP contribution in [-0.4, -0.2) is 21.4 Å². The molecule has 3 aromatic rings. The second-order valence-corrected chi connectivity index (χ2v) is 7.76. The number of rotatable bonds is 3. The third-order valence-corrected chi connectivity index (χ3v) is 6.00. The standard InChI is InChI=1S/C18H21N3O2S/c1-10-6-7-14(23-10)13-5-4-8-21(13)9-15-19-17(22)16-11(2)12(3)24-18(16)20-15/h6-7,13H,4-5,8-9H2,1-3H3,(H,19,20,22)/t13-/m1/s1. The molecule has 1 aliphatic heterocycles. The highest BCUT2D eigenvalue weighted by Crippen LogP contribution is 2.34. The first-order valence-corrected chi connectivity index (χ1v) is 9.14. The van der Waals surface area contributed by atoms with Gasteiger partial charge in [0, 0.05) is 4.88 Å². The van der Waals surface area contributed by atoms with Gasteiger partial charge in [-0.05, 0) is 57.9 Å². The van der Waals surface area contributed by atoms with Crippen LogP contribution in [0.5, 0.6) is 0 Å². The SMILES string of the molecule is Cc1ccc([C@H]2CCCN2Cc2nc3sc(C)c(C)c3c(=O)[nH]2)o1. The molecule has 1 N–H and O–H groups in total. The van der Waals surface area contributed by atoms with Gasteiger partial charge in [-0.25, -0.2) is 4.98 Å². The molecule has 0 unspecified atom stereocenters. The highest BCUT2D eigenvalue weighted by atomic mass is 32.1. The first kappa shape index (κ1) is 15.6. The van der Waals surface area contributed by atoms with Gasteiger partial charge < -0.3 is 9.40 Å². The molecule has 0 saturated carbocycles. The molecule has 0 aromatic carbocycles. The van der Waals surface area contributed by atoms with Crippen molar-refractivity contribution in [1.82, 2.24) is 14.9 Å². The van der Waals surface area contributed by atoms with Gasteiger partial charge in [-0.15, -0.1) is 11.3 Å². The van der Waals surface area contributed by atoms with E-state index in [1.807, 2.05) is 26.8 Å². The highest BCUT2D eigenvalue weighted by molar-refractivity contribution is 7.18. The largest absolute Gasteiger partial charge is 0.465 e. The van der Waals surface area contributed by atoms with Crippen LogP contribution in [-0.2, 0) is 6.54 Å². The Balaban J connectivity index is 1.65.